The van der Waals surface area contributed by atoms with Crippen LogP contribution in [0.3, 0.4) is 0 Å². The molecule has 1 amide bonds. The van der Waals surface area contributed by atoms with Crippen molar-refractivity contribution >= 4 is 33.0 Å². The molecule has 1 N–H and O–H groups in total. The number of nitrogens with zero attached hydrogens (tertiary/aromatic N) is 2. The van der Waals surface area contributed by atoms with E-state index in [2.05, 4.69) is 5.32 Å². The van der Waals surface area contributed by atoms with E-state index < -0.39 is 20.9 Å². The Balaban J connectivity index is 1.63. The Morgan fingerprint density at radius 2 is 1.67 bits per heavy atom. The minimum Gasteiger partial charge on any atom is -0.484 e. The molecule has 33 heavy (non-hydrogen) atoms. The van der Waals surface area contributed by atoms with Gasteiger partial charge in [-0.3, -0.25) is 19.2 Å². The van der Waals surface area contributed by atoms with Gasteiger partial charge in [0.05, 0.1) is 26.8 Å². The minimum atomic E-state index is -3.72. The molecule has 0 unspecified atom stereocenters. The number of nitro groups is 1. The van der Waals surface area contributed by atoms with Crippen molar-refractivity contribution in [3.8, 4) is 5.75 Å². The summed E-state index contributed by atoms with van der Waals surface area (Å²) in [7, 11) is -2.26. The molecule has 0 saturated carbocycles. The zero-order valence-corrected chi connectivity index (χ0v) is 19.1. The van der Waals surface area contributed by atoms with Crippen molar-refractivity contribution in [1.82, 2.24) is 0 Å². The van der Waals surface area contributed by atoms with Gasteiger partial charge in [0.15, 0.2) is 6.61 Å². The van der Waals surface area contributed by atoms with Crippen LogP contribution in [0.1, 0.15) is 11.1 Å². The van der Waals surface area contributed by atoms with Crippen molar-refractivity contribution in [2.75, 3.05) is 23.3 Å². The number of carbonyl (C=O) groups is 1. The third-order valence-corrected chi connectivity index (χ3v) is 6.83. The fourth-order valence-electron chi connectivity index (χ4n) is 3.05. The number of benzene rings is 3. The van der Waals surface area contributed by atoms with Gasteiger partial charge in [0.25, 0.3) is 21.6 Å². The molecule has 0 saturated heterocycles. The Morgan fingerprint density at radius 1 is 1.03 bits per heavy atom. The third kappa shape index (κ3) is 5.47. The summed E-state index contributed by atoms with van der Waals surface area (Å²) in [5.41, 5.74) is 1.98. The molecule has 3 rings (SSSR count). The largest absolute Gasteiger partial charge is 0.484 e. The summed E-state index contributed by atoms with van der Waals surface area (Å²) >= 11 is 0. The first-order valence-corrected chi connectivity index (χ1v) is 11.4. The summed E-state index contributed by atoms with van der Waals surface area (Å²) < 4.78 is 32.2. The number of rotatable bonds is 8. The lowest BCUT2D eigenvalue weighted by molar-refractivity contribution is -0.385. The van der Waals surface area contributed by atoms with Crippen molar-refractivity contribution in [3.05, 3.63) is 88.0 Å². The molecule has 0 spiro atoms. The lowest BCUT2D eigenvalue weighted by atomic mass is 10.1. The molecular formula is C23H23N3O6S. The molecule has 0 atom stereocenters. The molecule has 0 heterocycles. The molecule has 10 heteroatoms. The molecule has 3 aromatic carbocycles. The first-order valence-electron chi connectivity index (χ1n) is 9.92. The van der Waals surface area contributed by atoms with E-state index in [0.717, 1.165) is 5.56 Å². The van der Waals surface area contributed by atoms with Crippen molar-refractivity contribution in [2.45, 2.75) is 18.7 Å². The van der Waals surface area contributed by atoms with Crippen LogP contribution in [0.4, 0.5) is 17.1 Å². The number of hydrogen-bond acceptors (Lipinski definition) is 6. The number of hydrogen-bond donors (Lipinski definition) is 1. The highest BCUT2D eigenvalue weighted by atomic mass is 32.2. The van der Waals surface area contributed by atoms with Gasteiger partial charge in [-0.25, -0.2) is 8.42 Å². The average molecular weight is 470 g/mol. The molecular weight excluding hydrogens is 446 g/mol. The second-order valence-electron chi connectivity index (χ2n) is 7.32. The molecule has 9 nitrogen and oxygen atoms in total. The maximum atomic E-state index is 12.8. The highest BCUT2D eigenvalue weighted by Crippen LogP contribution is 2.26. The third-order valence-electron chi connectivity index (χ3n) is 5.03. The number of carbonyl (C=O) groups excluding carboxylic acids is 1. The molecule has 172 valence electrons. The van der Waals surface area contributed by atoms with Crippen molar-refractivity contribution in [2.24, 2.45) is 0 Å². The van der Waals surface area contributed by atoms with Gasteiger partial charge in [0.1, 0.15) is 5.75 Å². The summed E-state index contributed by atoms with van der Waals surface area (Å²) in [5.74, 6) is -0.118. The Kier molecular flexibility index (Phi) is 6.98. The number of anilines is 2. The van der Waals surface area contributed by atoms with Crippen LogP contribution in [0, 0.1) is 24.0 Å². The van der Waals surface area contributed by atoms with Gasteiger partial charge in [0, 0.05) is 13.1 Å². The van der Waals surface area contributed by atoms with Gasteiger partial charge in [-0.2, -0.15) is 0 Å². The SMILES string of the molecule is Cc1ccc(S(=O)(=O)N(C)c2ccc(OCC(=O)Nc3cccc([N+](=O)[O-])c3C)cc2)cc1. The fraction of sp³-hybridized carbons (Fsp3) is 0.174. The first kappa shape index (κ1) is 23.7. The van der Waals surface area contributed by atoms with Gasteiger partial charge >= 0.3 is 0 Å². The number of ether oxygens (including phenoxy) is 1. The van der Waals surface area contributed by atoms with Crippen LogP contribution in [0.15, 0.2) is 71.6 Å². The highest BCUT2D eigenvalue weighted by Gasteiger charge is 2.21. The molecule has 0 fully saturated rings. The van der Waals surface area contributed by atoms with E-state index >= 15 is 0 Å². The first-order chi connectivity index (χ1) is 15.6. The molecule has 0 bridgehead atoms. The van der Waals surface area contributed by atoms with E-state index in [1.165, 1.54) is 23.5 Å². The topological polar surface area (TPSA) is 119 Å². The monoisotopic (exact) mass is 469 g/mol. The van der Waals surface area contributed by atoms with Crippen LogP contribution in [0.2, 0.25) is 0 Å². The summed E-state index contributed by atoms with van der Waals surface area (Å²) in [6.07, 6.45) is 0. The van der Waals surface area contributed by atoms with E-state index in [1.807, 2.05) is 6.92 Å². The molecule has 0 aliphatic heterocycles. The Hall–Kier alpha value is -3.92. The number of amides is 1. The van der Waals surface area contributed by atoms with Crippen LogP contribution < -0.4 is 14.4 Å². The van der Waals surface area contributed by atoms with E-state index in [1.54, 1.807) is 61.5 Å². The standard InChI is InChI=1S/C23H23N3O6S/c1-16-7-13-20(14-8-16)33(30,31)25(3)18-9-11-19(12-10-18)32-15-23(27)24-21-5-4-6-22(17(21)2)26(28)29/h4-14H,15H2,1-3H3,(H,24,27). The average Bonchev–Trinajstić information content (AvgIpc) is 2.79. The molecule has 0 aliphatic carbocycles. The second-order valence-corrected chi connectivity index (χ2v) is 9.29. The predicted molar refractivity (Wildman–Crippen MR) is 125 cm³/mol. The van der Waals surface area contributed by atoms with Crippen LogP contribution in [-0.4, -0.2) is 32.9 Å². The molecule has 0 aromatic heterocycles. The number of aryl methyl sites for hydroxylation is 1. The summed E-state index contributed by atoms with van der Waals surface area (Å²) in [5, 5.41) is 13.6. The van der Waals surface area contributed by atoms with Crippen LogP contribution in [0.25, 0.3) is 0 Å². The van der Waals surface area contributed by atoms with E-state index in [4.69, 9.17) is 4.74 Å². The van der Waals surface area contributed by atoms with Crippen molar-refractivity contribution in [1.29, 1.82) is 0 Å². The van der Waals surface area contributed by atoms with Gasteiger partial charge in [-0.15, -0.1) is 0 Å². The normalized spacial score (nSPS) is 11.0. The molecule has 0 radical (unpaired) electrons. The zero-order chi connectivity index (χ0) is 24.2. The fourth-order valence-corrected chi connectivity index (χ4v) is 4.25. The molecule has 0 aliphatic rings. The van der Waals surface area contributed by atoms with Crippen LogP contribution in [-0.2, 0) is 14.8 Å². The number of sulfonamides is 1. The molecule has 3 aromatic rings. The summed E-state index contributed by atoms with van der Waals surface area (Å²) in [6.45, 7) is 3.11. The van der Waals surface area contributed by atoms with Crippen LogP contribution in [0.5, 0.6) is 5.75 Å². The Bertz CT molecular complexity index is 1270. The van der Waals surface area contributed by atoms with Gasteiger partial charge in [0.2, 0.25) is 0 Å². The Morgan fingerprint density at radius 3 is 2.27 bits per heavy atom. The van der Waals surface area contributed by atoms with E-state index in [-0.39, 0.29) is 17.2 Å². The van der Waals surface area contributed by atoms with Gasteiger partial charge in [-0.1, -0.05) is 23.8 Å². The predicted octanol–water partition coefficient (Wildman–Crippen LogP) is 4.05. The number of nitro benzene ring substituents is 1. The lowest BCUT2D eigenvalue weighted by Gasteiger charge is -2.20. The maximum Gasteiger partial charge on any atom is 0.274 e. The van der Waals surface area contributed by atoms with Gasteiger partial charge < -0.3 is 10.1 Å². The maximum absolute atomic E-state index is 12.8. The zero-order valence-electron chi connectivity index (χ0n) is 18.3. The smallest absolute Gasteiger partial charge is 0.274 e. The summed E-state index contributed by atoms with van der Waals surface area (Å²) in [4.78, 5) is 22.9. The van der Waals surface area contributed by atoms with E-state index in [9.17, 15) is 23.3 Å². The highest BCUT2D eigenvalue weighted by molar-refractivity contribution is 7.92. The summed E-state index contributed by atoms with van der Waals surface area (Å²) in [6, 6.07) is 17.3. The lowest BCUT2D eigenvalue weighted by Crippen LogP contribution is -2.26. The minimum absolute atomic E-state index is 0.0889. The quantitative estimate of drug-likeness (QED) is 0.393. The second kappa shape index (κ2) is 9.70. The van der Waals surface area contributed by atoms with Crippen molar-refractivity contribution < 1.29 is 22.9 Å². The van der Waals surface area contributed by atoms with Gasteiger partial charge in [-0.05, 0) is 56.3 Å². The number of nitrogens with one attached hydrogen (secondary N) is 1. The van der Waals surface area contributed by atoms with Crippen molar-refractivity contribution in [3.63, 3.8) is 0 Å². The Labute approximate surface area is 191 Å². The van der Waals surface area contributed by atoms with Crippen LogP contribution >= 0.6 is 0 Å². The van der Waals surface area contributed by atoms with E-state index in [0.29, 0.717) is 22.7 Å².